The Hall–Kier alpha value is -3.84. The van der Waals surface area contributed by atoms with Gasteiger partial charge >= 0.3 is 6.09 Å². The molecule has 52 heavy (non-hydrogen) atoms. The molecule has 2 aliphatic heterocycles. The van der Waals surface area contributed by atoms with Crippen LogP contribution >= 0.6 is 11.6 Å². The van der Waals surface area contributed by atoms with Gasteiger partial charge in [0.25, 0.3) is 0 Å². The molecule has 8 nitrogen and oxygen atoms in total. The number of amides is 1. The molecule has 2 aromatic carbocycles. The maximum Gasteiger partial charge on any atom is 0.410 e. The van der Waals surface area contributed by atoms with Gasteiger partial charge in [-0.3, -0.25) is 4.90 Å². The van der Waals surface area contributed by atoms with Crippen LogP contribution in [0.3, 0.4) is 0 Å². The van der Waals surface area contributed by atoms with Crippen molar-refractivity contribution in [3.05, 3.63) is 59.4 Å². The zero-order chi connectivity index (χ0) is 37.5. The van der Waals surface area contributed by atoms with E-state index >= 15 is 0 Å². The molecule has 0 unspecified atom stereocenters. The van der Waals surface area contributed by atoms with Crippen molar-refractivity contribution in [2.24, 2.45) is 0 Å². The molecule has 0 spiro atoms. The van der Waals surface area contributed by atoms with Gasteiger partial charge in [0.15, 0.2) is 6.79 Å². The smallest absolute Gasteiger partial charge is 0.410 e. The molecule has 10 heteroatoms. The van der Waals surface area contributed by atoms with Crippen molar-refractivity contribution in [1.82, 2.24) is 14.9 Å². The molecule has 0 aliphatic carbocycles. The summed E-state index contributed by atoms with van der Waals surface area (Å²) in [5.74, 6) is 5.26. The third-order valence-corrected chi connectivity index (χ3v) is 17.4. The van der Waals surface area contributed by atoms with Gasteiger partial charge in [0.05, 0.1) is 17.8 Å². The SMILES string of the molecule is COCOc1cc(-c2cc3cc(Cl)ncc3c(N3C[C@H]4CC[C@@H](C3)N4C(=O)OC(C)(C)C)n2)c2c(C#C[Si](C(C)C)(C(C)C)C(C)C)cccc2c1. The summed E-state index contributed by atoms with van der Waals surface area (Å²) in [6, 6.07) is 14.5. The number of benzene rings is 2. The summed E-state index contributed by atoms with van der Waals surface area (Å²) in [7, 11) is -0.395. The van der Waals surface area contributed by atoms with E-state index in [4.69, 9.17) is 30.8 Å². The number of aromatic nitrogens is 2. The fourth-order valence-electron chi connectivity index (χ4n) is 8.70. The van der Waals surface area contributed by atoms with Crippen LogP contribution in [0.1, 0.15) is 80.7 Å². The normalized spacial score (nSPS) is 17.7. The van der Waals surface area contributed by atoms with Gasteiger partial charge in [0.2, 0.25) is 0 Å². The van der Waals surface area contributed by atoms with E-state index < -0.39 is 13.7 Å². The fourth-order valence-corrected chi connectivity index (χ4v) is 14.1. The Morgan fingerprint density at radius 3 is 2.27 bits per heavy atom. The van der Waals surface area contributed by atoms with E-state index in [1.807, 2.05) is 37.9 Å². The Bertz CT molecular complexity index is 2000. The summed E-state index contributed by atoms with van der Waals surface area (Å²) < 4.78 is 17.2. The lowest BCUT2D eigenvalue weighted by Crippen LogP contribution is -2.57. The van der Waals surface area contributed by atoms with Crippen LogP contribution in [-0.2, 0) is 9.47 Å². The standard InChI is InChI=1S/C42H53ClN4O4Si/c1-26(2)52(27(3)4,28(5)6)17-16-29-12-11-13-30-18-34(50-25-49-10)21-35(39(29)30)37-19-31-20-38(43)44-22-36(31)40(45-37)46-23-32-14-15-33(24-46)47(32)41(48)51-42(7,8)9/h11-13,18-22,26-28,32-33H,14-15,23-25H2,1-10H3/t32-,33+. The second-order valence-corrected chi connectivity index (χ2v) is 22.3. The quantitative estimate of drug-likeness (QED) is 0.0770. The monoisotopic (exact) mass is 740 g/mol. The summed E-state index contributed by atoms with van der Waals surface area (Å²) in [5.41, 5.74) is 7.62. The molecule has 2 saturated heterocycles. The van der Waals surface area contributed by atoms with Gasteiger partial charge in [0, 0.05) is 48.3 Å². The number of methoxy groups -OCH3 is 1. The summed E-state index contributed by atoms with van der Waals surface area (Å²) in [6.45, 7) is 21.2. The molecule has 4 heterocycles. The van der Waals surface area contributed by atoms with E-state index in [2.05, 4.69) is 99.3 Å². The molecule has 2 atom stereocenters. The number of hydrogen-bond acceptors (Lipinski definition) is 7. The summed E-state index contributed by atoms with van der Waals surface area (Å²) in [6.07, 6.45) is 3.41. The Labute approximate surface area is 315 Å². The zero-order valence-corrected chi connectivity index (χ0v) is 34.1. The summed E-state index contributed by atoms with van der Waals surface area (Å²) in [5, 5.41) is 4.31. The number of anilines is 1. The average molecular weight is 741 g/mol. The molecular formula is C42H53ClN4O4Si. The van der Waals surface area contributed by atoms with Crippen LogP contribution in [0.15, 0.2) is 48.7 Å². The zero-order valence-electron chi connectivity index (χ0n) is 32.3. The van der Waals surface area contributed by atoms with Crippen LogP contribution < -0.4 is 9.64 Å². The Morgan fingerprint density at radius 1 is 0.981 bits per heavy atom. The van der Waals surface area contributed by atoms with Crippen molar-refractivity contribution in [1.29, 1.82) is 0 Å². The van der Waals surface area contributed by atoms with Gasteiger partial charge in [-0.1, -0.05) is 71.2 Å². The minimum atomic E-state index is -2.01. The number of fused-ring (bicyclic) bond motifs is 4. The minimum Gasteiger partial charge on any atom is -0.468 e. The van der Waals surface area contributed by atoms with E-state index in [1.165, 1.54) is 0 Å². The fraction of sp³-hybridized carbons (Fsp3) is 0.500. The highest BCUT2D eigenvalue weighted by Crippen LogP contribution is 2.43. The van der Waals surface area contributed by atoms with Crippen molar-refractivity contribution in [2.45, 2.75) is 109 Å². The van der Waals surface area contributed by atoms with Crippen LogP contribution in [0.4, 0.5) is 10.6 Å². The van der Waals surface area contributed by atoms with Gasteiger partial charge < -0.3 is 19.1 Å². The first kappa shape index (κ1) is 37.9. The first-order valence-electron chi connectivity index (χ1n) is 18.6. The van der Waals surface area contributed by atoms with Gasteiger partial charge in [-0.2, -0.15) is 0 Å². The topological polar surface area (TPSA) is 77.0 Å². The number of hydrogen-bond donors (Lipinski definition) is 0. The lowest BCUT2D eigenvalue weighted by atomic mass is 9.96. The summed E-state index contributed by atoms with van der Waals surface area (Å²) in [4.78, 5) is 27.5. The van der Waals surface area contributed by atoms with E-state index in [0.717, 1.165) is 57.0 Å². The van der Waals surface area contributed by atoms with E-state index in [9.17, 15) is 4.79 Å². The molecule has 276 valence electrons. The Morgan fingerprint density at radius 2 is 1.65 bits per heavy atom. The highest BCUT2D eigenvalue weighted by atomic mass is 35.5. The molecule has 0 radical (unpaired) electrons. The molecular weight excluding hydrogens is 688 g/mol. The summed E-state index contributed by atoms with van der Waals surface area (Å²) >= 11 is 6.53. The van der Waals surface area contributed by atoms with Gasteiger partial charge in [0.1, 0.15) is 30.4 Å². The second-order valence-electron chi connectivity index (χ2n) is 16.3. The third kappa shape index (κ3) is 7.35. The van der Waals surface area contributed by atoms with Crippen LogP contribution in [0.5, 0.6) is 5.75 Å². The number of halogens is 1. The second kappa shape index (κ2) is 14.9. The molecule has 2 aromatic heterocycles. The van der Waals surface area contributed by atoms with Crippen molar-refractivity contribution >= 4 is 53.1 Å². The van der Waals surface area contributed by atoms with E-state index in [1.54, 1.807) is 7.11 Å². The lowest BCUT2D eigenvalue weighted by Gasteiger charge is -2.42. The van der Waals surface area contributed by atoms with E-state index in [-0.39, 0.29) is 25.0 Å². The van der Waals surface area contributed by atoms with Gasteiger partial charge in [-0.25, -0.2) is 14.8 Å². The Kier molecular flexibility index (Phi) is 10.8. The minimum absolute atomic E-state index is 0.0233. The highest BCUT2D eigenvalue weighted by molar-refractivity contribution is 6.90. The third-order valence-electron chi connectivity index (χ3n) is 10.9. The maximum absolute atomic E-state index is 13.3. The average Bonchev–Trinajstić information content (AvgIpc) is 3.34. The van der Waals surface area contributed by atoms with Gasteiger partial charge in [-0.05, 0) is 91.3 Å². The molecule has 2 bridgehead atoms. The van der Waals surface area contributed by atoms with Crippen molar-refractivity contribution in [3.63, 3.8) is 0 Å². The van der Waals surface area contributed by atoms with Gasteiger partial charge in [-0.15, -0.1) is 5.54 Å². The number of pyridine rings is 2. The highest BCUT2D eigenvalue weighted by Gasteiger charge is 2.45. The Balaban J connectivity index is 1.53. The van der Waals surface area contributed by atoms with Crippen LogP contribution in [0, 0.1) is 11.5 Å². The molecule has 4 aromatic rings. The van der Waals surface area contributed by atoms with Crippen molar-refractivity contribution < 1.29 is 19.0 Å². The van der Waals surface area contributed by atoms with Crippen LogP contribution in [0.2, 0.25) is 21.8 Å². The predicted molar refractivity (Wildman–Crippen MR) is 215 cm³/mol. The lowest BCUT2D eigenvalue weighted by molar-refractivity contribution is 0.0123. The molecule has 0 N–H and O–H groups in total. The predicted octanol–water partition coefficient (Wildman–Crippen LogP) is 10.2. The van der Waals surface area contributed by atoms with Crippen molar-refractivity contribution in [3.8, 4) is 28.5 Å². The molecule has 2 aliphatic rings. The molecule has 0 saturated carbocycles. The first-order valence-corrected chi connectivity index (χ1v) is 21.2. The molecule has 1 amide bonds. The first-order chi connectivity index (χ1) is 24.6. The number of carbonyl (C=O) groups excluding carboxylic acids is 1. The number of rotatable bonds is 8. The number of ether oxygens (including phenoxy) is 3. The number of nitrogens with zero attached hydrogens (tertiary/aromatic N) is 4. The number of carbonyl (C=O) groups is 1. The molecule has 2 fully saturated rings. The number of piperazine rings is 1. The molecule has 6 rings (SSSR count). The van der Waals surface area contributed by atoms with Crippen LogP contribution in [-0.4, -0.2) is 73.7 Å². The maximum atomic E-state index is 13.3. The van der Waals surface area contributed by atoms with E-state index in [0.29, 0.717) is 40.6 Å². The van der Waals surface area contributed by atoms with Crippen molar-refractivity contribution in [2.75, 3.05) is 31.9 Å². The van der Waals surface area contributed by atoms with Crippen LogP contribution in [0.25, 0.3) is 32.8 Å². The largest absolute Gasteiger partial charge is 0.468 e.